The smallest absolute Gasteiger partial charge is 0.143 e. The van der Waals surface area contributed by atoms with Crippen LogP contribution in [0.1, 0.15) is 291 Å². The van der Waals surface area contributed by atoms with Gasteiger partial charge in [-0.2, -0.15) is 0 Å². The molecule has 0 N–H and O–H groups in total. The van der Waals surface area contributed by atoms with Gasteiger partial charge in [-0.1, -0.05) is 337 Å². The molecule has 1 heteroatoms. The van der Waals surface area contributed by atoms with Crippen molar-refractivity contribution in [2.45, 2.75) is 263 Å². The summed E-state index contributed by atoms with van der Waals surface area (Å²) < 4.78 is 6.89. The fourth-order valence-corrected chi connectivity index (χ4v) is 21.6. The van der Waals surface area contributed by atoms with E-state index in [1.807, 2.05) is 0 Å². The van der Waals surface area contributed by atoms with Crippen LogP contribution in [0.4, 0.5) is 0 Å². The molecule has 1 heterocycles. The standard InChI is InChI=1S/C103H112O/c1-9-13-17-21-25-37-55-102(56-38-26-22-18-14-10-2)90-65-85-83-63-89-87(98-76-49-34-32-46-72(76)81(61-95(98)101(89,7)8)78-53-42-52-77-74-47-35-36-54-96(74)104-99(77)78)67-93(83)103(57-39-27-23-19-15-11-3,58-40-28-24-20-16-12-4)91(85)64-84(90)82-62-88-86(66-92(82)102)97-75-48-33-31-45-71(75)80(60-94(97)100(88,5)6)73-51-41-50-70-69-44-30-29-43-68(69)59-79(70)73/h29-36,41-54,60-67H,9-28,37-40,55-59H2,1-8H3. The van der Waals surface area contributed by atoms with E-state index in [2.05, 4.69) is 237 Å². The van der Waals surface area contributed by atoms with Gasteiger partial charge in [-0.25, -0.2) is 0 Å². The third kappa shape index (κ3) is 11.2. The molecule has 530 valence electrons. The zero-order chi connectivity index (χ0) is 70.9. The molecule has 1 aromatic heterocycles. The zero-order valence-corrected chi connectivity index (χ0v) is 64.2. The highest BCUT2D eigenvalue weighted by atomic mass is 16.3. The Hall–Kier alpha value is -8.26. The highest BCUT2D eigenvalue weighted by Gasteiger charge is 2.51. The maximum Gasteiger partial charge on any atom is 0.143 e. The Morgan fingerprint density at radius 1 is 0.260 bits per heavy atom. The van der Waals surface area contributed by atoms with Crippen molar-refractivity contribution >= 4 is 43.5 Å². The molecule has 0 atom stereocenters. The van der Waals surface area contributed by atoms with Gasteiger partial charge in [0.15, 0.2) is 0 Å². The Morgan fingerprint density at radius 3 is 1.06 bits per heavy atom. The van der Waals surface area contributed by atoms with Gasteiger partial charge in [-0.05, 0) is 236 Å². The van der Waals surface area contributed by atoms with E-state index in [0.717, 1.165) is 17.6 Å². The normalized spacial score (nSPS) is 15.3. The van der Waals surface area contributed by atoms with E-state index in [1.54, 1.807) is 38.9 Å². The van der Waals surface area contributed by atoms with Crippen LogP contribution in [0.15, 0.2) is 186 Å². The zero-order valence-electron chi connectivity index (χ0n) is 64.2. The lowest BCUT2D eigenvalue weighted by molar-refractivity contribution is 0.394. The second-order valence-electron chi connectivity index (χ2n) is 34.0. The first-order valence-electron chi connectivity index (χ1n) is 41.8. The first kappa shape index (κ1) is 68.8. The molecule has 0 amide bonds. The number of hydrogen-bond acceptors (Lipinski definition) is 1. The van der Waals surface area contributed by atoms with E-state index in [9.17, 15) is 0 Å². The monoisotopic (exact) mass is 1360 g/mol. The van der Waals surface area contributed by atoms with Crippen LogP contribution in [0.25, 0.3) is 121 Å². The van der Waals surface area contributed by atoms with Gasteiger partial charge in [0.1, 0.15) is 11.2 Å². The summed E-state index contributed by atoms with van der Waals surface area (Å²) >= 11 is 0. The largest absolute Gasteiger partial charge is 0.455 e. The predicted molar refractivity (Wildman–Crippen MR) is 447 cm³/mol. The molecule has 0 saturated heterocycles. The molecule has 0 spiro atoms. The van der Waals surface area contributed by atoms with Crippen LogP contribution in [0.2, 0.25) is 0 Å². The number of furan rings is 1. The first-order chi connectivity index (χ1) is 50.9. The molecule has 17 rings (SSSR count). The lowest BCUT2D eigenvalue weighted by atomic mass is 9.68. The summed E-state index contributed by atoms with van der Waals surface area (Å²) in [5, 5.41) is 7.80. The maximum atomic E-state index is 6.89. The maximum absolute atomic E-state index is 6.89. The molecule has 1 nitrogen and oxygen atoms in total. The van der Waals surface area contributed by atoms with Crippen LogP contribution >= 0.6 is 0 Å². The Bertz CT molecular complexity index is 5230. The minimum Gasteiger partial charge on any atom is -0.455 e. The quantitative estimate of drug-likeness (QED) is 0.0409. The van der Waals surface area contributed by atoms with Crippen molar-refractivity contribution < 1.29 is 4.42 Å². The Balaban J connectivity index is 0.879. The van der Waals surface area contributed by atoms with Gasteiger partial charge < -0.3 is 4.42 Å². The van der Waals surface area contributed by atoms with E-state index >= 15 is 0 Å². The molecular weight excluding hydrogens is 1250 g/mol. The van der Waals surface area contributed by atoms with Crippen LogP contribution < -0.4 is 0 Å². The van der Waals surface area contributed by atoms with Crippen LogP contribution in [0.3, 0.4) is 0 Å². The van der Waals surface area contributed by atoms with Crippen molar-refractivity contribution in [1.82, 2.24) is 0 Å². The Kier molecular flexibility index (Phi) is 18.7. The average molecular weight is 1370 g/mol. The summed E-state index contributed by atoms with van der Waals surface area (Å²) in [4.78, 5) is 0. The number of hydrogen-bond donors (Lipinski definition) is 0. The summed E-state index contributed by atoms with van der Waals surface area (Å²) in [6, 6.07) is 73.2. The van der Waals surface area contributed by atoms with Crippen LogP contribution in [-0.2, 0) is 28.1 Å². The van der Waals surface area contributed by atoms with Crippen LogP contribution in [-0.4, -0.2) is 0 Å². The molecule has 11 aromatic carbocycles. The fraction of sp³-hybridized carbons (Fsp3) is 0.398. The molecule has 5 aliphatic rings. The minimum absolute atomic E-state index is 0.124. The number of unbranched alkanes of at least 4 members (excludes halogenated alkanes) is 20. The van der Waals surface area contributed by atoms with E-state index in [0.29, 0.717) is 0 Å². The number of rotatable bonds is 30. The fourth-order valence-electron chi connectivity index (χ4n) is 21.6. The molecule has 12 aromatic rings. The molecule has 0 unspecified atom stereocenters. The van der Waals surface area contributed by atoms with Crippen molar-refractivity contribution in [1.29, 1.82) is 0 Å². The SMILES string of the molecule is CCCCCCCCC1(CCCCCCCC)c2cc3c(cc2-c2cc4c(cc21)-c1cc2c(cc1C4(CCCCCCCC)CCCCCCCC)-c1c(cc(-c4cccc5c4oc4ccccc45)c4ccccc14)C2(C)C)C(C)(C)c1cc(-c2cccc4c2Cc2ccccc2-4)c2ccccc2c1-3. The lowest BCUT2D eigenvalue weighted by Gasteiger charge is -2.35. The van der Waals surface area contributed by atoms with Crippen LogP contribution in [0, 0.1) is 0 Å². The summed E-state index contributed by atoms with van der Waals surface area (Å²) in [6.45, 7) is 19.8. The predicted octanol–water partition coefficient (Wildman–Crippen LogP) is 30.9. The summed E-state index contributed by atoms with van der Waals surface area (Å²) in [6.07, 6.45) is 37.0. The Labute approximate surface area is 622 Å². The number of benzene rings is 11. The molecule has 0 radical (unpaired) electrons. The molecule has 5 aliphatic carbocycles. The van der Waals surface area contributed by atoms with Gasteiger partial charge in [0.25, 0.3) is 0 Å². The lowest BCUT2D eigenvalue weighted by Crippen LogP contribution is -2.27. The summed E-state index contributed by atoms with van der Waals surface area (Å²) in [7, 11) is 0. The topological polar surface area (TPSA) is 13.1 Å². The van der Waals surface area contributed by atoms with E-state index in [-0.39, 0.29) is 21.7 Å². The average Bonchev–Trinajstić information content (AvgIpc) is 1.51. The van der Waals surface area contributed by atoms with Crippen molar-refractivity contribution in [3.05, 3.63) is 238 Å². The van der Waals surface area contributed by atoms with Crippen molar-refractivity contribution in [3.63, 3.8) is 0 Å². The van der Waals surface area contributed by atoms with Gasteiger partial charge in [0, 0.05) is 38.0 Å². The molecule has 0 bridgehead atoms. The van der Waals surface area contributed by atoms with E-state index in [1.165, 1.54) is 307 Å². The molecular formula is C103H112O. The first-order valence-corrected chi connectivity index (χ1v) is 41.8. The second kappa shape index (κ2) is 28.2. The van der Waals surface area contributed by atoms with Gasteiger partial charge in [-0.15, -0.1) is 0 Å². The molecule has 104 heavy (non-hydrogen) atoms. The van der Waals surface area contributed by atoms with Crippen molar-refractivity contribution in [3.8, 4) is 77.9 Å². The third-order valence-corrected chi connectivity index (χ3v) is 27.1. The highest BCUT2D eigenvalue weighted by Crippen LogP contribution is 2.66. The van der Waals surface area contributed by atoms with Gasteiger partial charge >= 0.3 is 0 Å². The minimum atomic E-state index is -0.266. The van der Waals surface area contributed by atoms with Gasteiger partial charge in [0.2, 0.25) is 0 Å². The summed E-state index contributed by atoms with van der Waals surface area (Å²) in [5.41, 5.74) is 36.7. The third-order valence-electron chi connectivity index (χ3n) is 27.1. The Morgan fingerprint density at radius 2 is 0.587 bits per heavy atom. The van der Waals surface area contributed by atoms with E-state index < -0.39 is 0 Å². The summed E-state index contributed by atoms with van der Waals surface area (Å²) in [5.74, 6) is 0. The van der Waals surface area contributed by atoms with Gasteiger partial charge in [0.05, 0.1) is 0 Å². The number of fused-ring (bicyclic) bond motifs is 22. The van der Waals surface area contributed by atoms with Crippen LogP contribution in [0.5, 0.6) is 0 Å². The molecule has 0 saturated carbocycles. The van der Waals surface area contributed by atoms with Gasteiger partial charge in [-0.3, -0.25) is 0 Å². The van der Waals surface area contributed by atoms with Crippen molar-refractivity contribution in [2.24, 2.45) is 0 Å². The highest BCUT2D eigenvalue weighted by molar-refractivity contribution is 6.16. The van der Waals surface area contributed by atoms with Crippen molar-refractivity contribution in [2.75, 3.05) is 0 Å². The second-order valence-corrected chi connectivity index (χ2v) is 34.0. The number of para-hydroxylation sites is 2. The molecule has 0 fully saturated rings. The van der Waals surface area contributed by atoms with E-state index in [4.69, 9.17) is 4.42 Å². The molecule has 0 aliphatic heterocycles.